The lowest BCUT2D eigenvalue weighted by molar-refractivity contribution is -0.122. The minimum absolute atomic E-state index is 0.215. The van der Waals surface area contributed by atoms with Crippen LogP contribution in [0.2, 0.25) is 0 Å². The molecule has 1 fully saturated rings. The summed E-state index contributed by atoms with van der Waals surface area (Å²) in [7, 11) is 0. The van der Waals surface area contributed by atoms with Gasteiger partial charge < -0.3 is 5.32 Å². The van der Waals surface area contributed by atoms with Gasteiger partial charge in [0, 0.05) is 12.6 Å². The van der Waals surface area contributed by atoms with Gasteiger partial charge in [-0.3, -0.25) is 15.0 Å². The van der Waals surface area contributed by atoms with Crippen molar-refractivity contribution >= 4 is 11.9 Å². The van der Waals surface area contributed by atoms with Crippen LogP contribution < -0.4 is 10.6 Å². The van der Waals surface area contributed by atoms with Crippen LogP contribution in [0.5, 0.6) is 0 Å². The van der Waals surface area contributed by atoms with Crippen LogP contribution in [0.15, 0.2) is 0 Å². The summed E-state index contributed by atoms with van der Waals surface area (Å²) in [6.07, 6.45) is 4.37. The van der Waals surface area contributed by atoms with Gasteiger partial charge in [-0.25, -0.2) is 4.79 Å². The van der Waals surface area contributed by atoms with Crippen molar-refractivity contribution in [3.05, 3.63) is 0 Å². The van der Waals surface area contributed by atoms with Gasteiger partial charge in [-0.05, 0) is 32.7 Å². The highest BCUT2D eigenvalue weighted by Crippen LogP contribution is 2.15. The van der Waals surface area contributed by atoms with Crippen LogP contribution >= 0.6 is 0 Å². The molecule has 2 N–H and O–H groups in total. The Morgan fingerprint density at radius 2 is 2.12 bits per heavy atom. The first-order valence-electron chi connectivity index (χ1n) is 6.45. The molecule has 17 heavy (non-hydrogen) atoms. The monoisotopic (exact) mass is 241 g/mol. The Kier molecular flexibility index (Phi) is 5.97. The highest BCUT2D eigenvalue weighted by atomic mass is 16.2. The van der Waals surface area contributed by atoms with E-state index in [9.17, 15) is 9.59 Å². The van der Waals surface area contributed by atoms with Gasteiger partial charge >= 0.3 is 6.03 Å². The van der Waals surface area contributed by atoms with E-state index in [-0.39, 0.29) is 11.9 Å². The summed E-state index contributed by atoms with van der Waals surface area (Å²) in [6, 6.07) is 0.0507. The number of nitrogens with one attached hydrogen (secondary N) is 2. The Morgan fingerprint density at radius 3 is 2.76 bits per heavy atom. The van der Waals surface area contributed by atoms with E-state index in [2.05, 4.69) is 22.5 Å². The molecule has 1 heterocycles. The van der Waals surface area contributed by atoms with Gasteiger partial charge in [-0.2, -0.15) is 0 Å². The van der Waals surface area contributed by atoms with E-state index in [1.807, 2.05) is 6.92 Å². The van der Waals surface area contributed by atoms with E-state index in [1.165, 1.54) is 6.42 Å². The SMILES string of the molecule is CCCNC(=O)NC(=O)CN1CCCCC1C. The van der Waals surface area contributed by atoms with Crippen molar-refractivity contribution in [2.75, 3.05) is 19.6 Å². The molecule has 98 valence electrons. The molecule has 0 aromatic rings. The fourth-order valence-electron chi connectivity index (χ4n) is 2.03. The number of carbonyl (C=O) groups is 2. The van der Waals surface area contributed by atoms with E-state index in [1.54, 1.807) is 0 Å². The zero-order valence-corrected chi connectivity index (χ0v) is 10.8. The van der Waals surface area contributed by atoms with Gasteiger partial charge in [-0.1, -0.05) is 13.3 Å². The highest BCUT2D eigenvalue weighted by molar-refractivity contribution is 5.95. The minimum Gasteiger partial charge on any atom is -0.338 e. The molecule has 0 aliphatic carbocycles. The minimum atomic E-state index is -0.387. The molecule has 0 spiro atoms. The second kappa shape index (κ2) is 7.27. The highest BCUT2D eigenvalue weighted by Gasteiger charge is 2.21. The van der Waals surface area contributed by atoms with Gasteiger partial charge in [0.1, 0.15) is 0 Å². The van der Waals surface area contributed by atoms with Crippen LogP contribution in [0.25, 0.3) is 0 Å². The van der Waals surface area contributed by atoms with Gasteiger partial charge in [0.2, 0.25) is 5.91 Å². The molecule has 0 saturated carbocycles. The van der Waals surface area contributed by atoms with Crippen molar-refractivity contribution < 1.29 is 9.59 Å². The molecule has 0 radical (unpaired) electrons. The predicted molar refractivity (Wildman–Crippen MR) is 66.7 cm³/mol. The molecule has 5 heteroatoms. The van der Waals surface area contributed by atoms with Crippen molar-refractivity contribution in [1.29, 1.82) is 0 Å². The zero-order valence-electron chi connectivity index (χ0n) is 10.8. The van der Waals surface area contributed by atoms with Crippen molar-refractivity contribution in [3.8, 4) is 0 Å². The Balaban J connectivity index is 2.26. The number of hydrogen-bond donors (Lipinski definition) is 2. The number of piperidine rings is 1. The van der Waals surface area contributed by atoms with Gasteiger partial charge in [0.15, 0.2) is 0 Å². The lowest BCUT2D eigenvalue weighted by Gasteiger charge is -2.32. The van der Waals surface area contributed by atoms with Crippen molar-refractivity contribution in [2.24, 2.45) is 0 Å². The summed E-state index contributed by atoms with van der Waals surface area (Å²) in [5.41, 5.74) is 0. The molecule has 1 rings (SSSR count). The summed E-state index contributed by atoms with van der Waals surface area (Å²) in [5, 5.41) is 4.97. The quantitative estimate of drug-likeness (QED) is 0.774. The third-order valence-electron chi connectivity index (χ3n) is 3.08. The van der Waals surface area contributed by atoms with Crippen molar-refractivity contribution in [3.63, 3.8) is 0 Å². The third kappa shape index (κ3) is 5.17. The third-order valence-corrected chi connectivity index (χ3v) is 3.08. The molecule has 5 nitrogen and oxygen atoms in total. The fourth-order valence-corrected chi connectivity index (χ4v) is 2.03. The molecule has 1 unspecified atom stereocenters. The van der Waals surface area contributed by atoms with Crippen LogP contribution in [-0.2, 0) is 4.79 Å². The average Bonchev–Trinajstić information content (AvgIpc) is 2.29. The summed E-state index contributed by atoms with van der Waals surface area (Å²) < 4.78 is 0. The zero-order chi connectivity index (χ0) is 12.7. The molecule has 3 amide bonds. The van der Waals surface area contributed by atoms with Crippen molar-refractivity contribution in [2.45, 2.75) is 45.6 Å². The average molecular weight is 241 g/mol. The van der Waals surface area contributed by atoms with Gasteiger partial charge in [0.05, 0.1) is 6.54 Å². The number of carbonyl (C=O) groups excluding carboxylic acids is 2. The smallest absolute Gasteiger partial charge is 0.321 e. The summed E-state index contributed by atoms with van der Waals surface area (Å²) in [6.45, 7) is 5.96. The van der Waals surface area contributed by atoms with Crippen molar-refractivity contribution in [1.82, 2.24) is 15.5 Å². The number of hydrogen-bond acceptors (Lipinski definition) is 3. The van der Waals surface area contributed by atoms with E-state index in [0.29, 0.717) is 19.1 Å². The first-order valence-corrected chi connectivity index (χ1v) is 6.45. The first kappa shape index (κ1) is 14.0. The molecule has 1 aliphatic heterocycles. The Morgan fingerprint density at radius 1 is 1.35 bits per heavy atom. The number of nitrogens with zero attached hydrogens (tertiary/aromatic N) is 1. The number of urea groups is 1. The van der Waals surface area contributed by atoms with Gasteiger partial charge in [-0.15, -0.1) is 0 Å². The standard InChI is InChI=1S/C12H23N3O2/c1-3-7-13-12(17)14-11(16)9-15-8-5-4-6-10(15)2/h10H,3-9H2,1-2H3,(H2,13,14,16,17). The summed E-state index contributed by atoms with van der Waals surface area (Å²) in [4.78, 5) is 25.0. The lowest BCUT2D eigenvalue weighted by Crippen LogP contribution is -2.48. The molecule has 0 aromatic heterocycles. The van der Waals surface area contributed by atoms with E-state index < -0.39 is 0 Å². The Hall–Kier alpha value is -1.10. The molecular formula is C12H23N3O2. The number of rotatable bonds is 4. The topological polar surface area (TPSA) is 61.4 Å². The normalized spacial score (nSPS) is 20.9. The number of likely N-dealkylation sites (tertiary alicyclic amines) is 1. The van der Waals surface area contributed by atoms with Gasteiger partial charge in [0.25, 0.3) is 0 Å². The fraction of sp³-hybridized carbons (Fsp3) is 0.833. The maximum atomic E-state index is 11.6. The molecule has 0 bridgehead atoms. The van der Waals surface area contributed by atoms with E-state index >= 15 is 0 Å². The predicted octanol–water partition coefficient (Wildman–Crippen LogP) is 1.10. The first-order chi connectivity index (χ1) is 8.13. The largest absolute Gasteiger partial charge is 0.338 e. The lowest BCUT2D eigenvalue weighted by atomic mass is 10.0. The van der Waals surface area contributed by atoms with Crippen LogP contribution in [-0.4, -0.2) is 42.5 Å². The number of imide groups is 1. The van der Waals surface area contributed by atoms with E-state index in [4.69, 9.17) is 0 Å². The maximum absolute atomic E-state index is 11.6. The summed E-state index contributed by atoms with van der Waals surface area (Å²) in [5.74, 6) is -0.215. The molecule has 1 saturated heterocycles. The Labute approximate surface area is 103 Å². The van der Waals surface area contributed by atoms with Crippen LogP contribution in [0.1, 0.15) is 39.5 Å². The number of amides is 3. The second-order valence-electron chi connectivity index (χ2n) is 4.62. The Bertz CT molecular complexity index is 268. The molecule has 0 aromatic carbocycles. The molecular weight excluding hydrogens is 218 g/mol. The maximum Gasteiger partial charge on any atom is 0.321 e. The van der Waals surface area contributed by atoms with E-state index in [0.717, 1.165) is 25.8 Å². The van der Waals surface area contributed by atoms with Crippen LogP contribution in [0.4, 0.5) is 4.79 Å². The van der Waals surface area contributed by atoms with Crippen LogP contribution in [0.3, 0.4) is 0 Å². The molecule has 1 aliphatic rings. The molecule has 1 atom stereocenters. The second-order valence-corrected chi connectivity index (χ2v) is 4.62. The van der Waals surface area contributed by atoms with Crippen LogP contribution in [0, 0.1) is 0 Å². The summed E-state index contributed by atoms with van der Waals surface area (Å²) >= 11 is 0.